The fraction of sp³-hybridized carbons (Fsp3) is 0.857. The SMILES string of the molecule is CN=C(NN)NC(C)CN(C)C. The Balaban J connectivity index is 3.74. The van der Waals surface area contributed by atoms with Crippen LogP contribution in [0, 0.1) is 0 Å². The molecular formula is C7H19N5. The quantitative estimate of drug-likeness (QED) is 0.221. The lowest BCUT2D eigenvalue weighted by atomic mass is 10.3. The second kappa shape index (κ2) is 5.79. The maximum atomic E-state index is 5.21. The number of nitrogens with zero attached hydrogens (tertiary/aromatic N) is 2. The van der Waals surface area contributed by atoms with E-state index in [0.29, 0.717) is 12.0 Å². The average Bonchev–Trinajstić information content (AvgIpc) is 1.98. The zero-order chi connectivity index (χ0) is 9.56. The number of aliphatic imine (C=N–C) groups is 1. The summed E-state index contributed by atoms with van der Waals surface area (Å²) in [6, 6.07) is 0.328. The maximum absolute atomic E-state index is 5.21. The van der Waals surface area contributed by atoms with Crippen molar-refractivity contribution in [2.75, 3.05) is 27.7 Å². The van der Waals surface area contributed by atoms with Crippen LogP contribution < -0.4 is 16.6 Å². The Morgan fingerprint density at radius 3 is 2.50 bits per heavy atom. The predicted octanol–water partition coefficient (Wildman–Crippen LogP) is -1.02. The molecule has 0 saturated heterocycles. The van der Waals surface area contributed by atoms with Crippen molar-refractivity contribution in [1.82, 2.24) is 15.6 Å². The molecule has 4 N–H and O–H groups in total. The molecule has 0 radical (unpaired) electrons. The smallest absolute Gasteiger partial charge is 0.205 e. The summed E-state index contributed by atoms with van der Waals surface area (Å²) < 4.78 is 0. The van der Waals surface area contributed by atoms with E-state index in [9.17, 15) is 0 Å². The molecule has 0 rings (SSSR count). The monoisotopic (exact) mass is 173 g/mol. The zero-order valence-electron chi connectivity index (χ0n) is 8.26. The lowest BCUT2D eigenvalue weighted by molar-refractivity contribution is 0.368. The van der Waals surface area contributed by atoms with Crippen LogP contribution in [0.2, 0.25) is 0 Å². The van der Waals surface area contributed by atoms with Crippen LogP contribution in [-0.2, 0) is 0 Å². The van der Waals surface area contributed by atoms with Crippen molar-refractivity contribution in [3.63, 3.8) is 0 Å². The Bertz CT molecular complexity index is 143. The third kappa shape index (κ3) is 4.92. The van der Waals surface area contributed by atoms with Crippen LogP contribution in [0.4, 0.5) is 0 Å². The van der Waals surface area contributed by atoms with Crippen LogP contribution in [0.5, 0.6) is 0 Å². The first-order valence-electron chi connectivity index (χ1n) is 3.94. The minimum absolute atomic E-state index is 0.328. The largest absolute Gasteiger partial charge is 0.352 e. The minimum atomic E-state index is 0.328. The van der Waals surface area contributed by atoms with Gasteiger partial charge in [-0.05, 0) is 21.0 Å². The van der Waals surface area contributed by atoms with E-state index in [0.717, 1.165) is 6.54 Å². The Morgan fingerprint density at radius 1 is 1.58 bits per heavy atom. The van der Waals surface area contributed by atoms with Gasteiger partial charge in [0.05, 0.1) is 0 Å². The second-order valence-electron chi connectivity index (χ2n) is 3.02. The third-order valence-corrected chi connectivity index (χ3v) is 1.38. The van der Waals surface area contributed by atoms with E-state index < -0.39 is 0 Å². The number of hydrogen-bond donors (Lipinski definition) is 3. The Hall–Kier alpha value is -0.810. The molecular weight excluding hydrogens is 154 g/mol. The number of nitrogens with one attached hydrogen (secondary N) is 2. The number of hydrazine groups is 1. The van der Waals surface area contributed by atoms with Crippen molar-refractivity contribution in [1.29, 1.82) is 0 Å². The van der Waals surface area contributed by atoms with E-state index in [2.05, 4.69) is 27.6 Å². The van der Waals surface area contributed by atoms with Gasteiger partial charge in [0.2, 0.25) is 5.96 Å². The van der Waals surface area contributed by atoms with Crippen LogP contribution in [0.1, 0.15) is 6.92 Å². The summed E-state index contributed by atoms with van der Waals surface area (Å²) >= 11 is 0. The van der Waals surface area contributed by atoms with Gasteiger partial charge in [0.15, 0.2) is 0 Å². The van der Waals surface area contributed by atoms with E-state index in [1.807, 2.05) is 14.1 Å². The van der Waals surface area contributed by atoms with Crippen LogP contribution >= 0.6 is 0 Å². The highest BCUT2D eigenvalue weighted by Crippen LogP contribution is 1.83. The molecule has 5 heteroatoms. The topological polar surface area (TPSA) is 65.7 Å². The number of guanidine groups is 1. The normalized spacial score (nSPS) is 14.7. The molecule has 5 nitrogen and oxygen atoms in total. The van der Waals surface area contributed by atoms with Gasteiger partial charge in [0, 0.05) is 19.6 Å². The molecule has 0 aromatic rings. The standard InChI is InChI=1S/C7H19N5/c1-6(5-12(3)4)10-7(9-2)11-8/h6H,5,8H2,1-4H3,(H2,9,10,11). The van der Waals surface area contributed by atoms with Gasteiger partial charge >= 0.3 is 0 Å². The van der Waals surface area contributed by atoms with E-state index >= 15 is 0 Å². The van der Waals surface area contributed by atoms with Gasteiger partial charge in [-0.3, -0.25) is 10.4 Å². The molecule has 1 unspecified atom stereocenters. The Labute approximate surface area is 74.0 Å². The van der Waals surface area contributed by atoms with Crippen molar-refractivity contribution in [2.45, 2.75) is 13.0 Å². The van der Waals surface area contributed by atoms with E-state index in [1.54, 1.807) is 7.05 Å². The molecule has 0 aliphatic carbocycles. The van der Waals surface area contributed by atoms with Crippen molar-refractivity contribution in [3.8, 4) is 0 Å². The predicted molar refractivity (Wildman–Crippen MR) is 51.8 cm³/mol. The van der Waals surface area contributed by atoms with Gasteiger partial charge in [-0.2, -0.15) is 0 Å². The highest BCUT2D eigenvalue weighted by molar-refractivity contribution is 5.79. The highest BCUT2D eigenvalue weighted by atomic mass is 15.3. The molecule has 0 bridgehead atoms. The minimum Gasteiger partial charge on any atom is -0.352 e. The van der Waals surface area contributed by atoms with Gasteiger partial charge < -0.3 is 10.2 Å². The van der Waals surface area contributed by atoms with Crippen molar-refractivity contribution < 1.29 is 0 Å². The lowest BCUT2D eigenvalue weighted by Gasteiger charge is -2.19. The summed E-state index contributed by atoms with van der Waals surface area (Å²) in [6.45, 7) is 3.02. The summed E-state index contributed by atoms with van der Waals surface area (Å²) in [5.74, 6) is 5.82. The molecule has 0 fully saturated rings. The van der Waals surface area contributed by atoms with Gasteiger partial charge in [-0.25, -0.2) is 5.84 Å². The first-order chi connectivity index (χ1) is 5.60. The molecule has 12 heavy (non-hydrogen) atoms. The Kier molecular flexibility index (Phi) is 5.40. The van der Waals surface area contributed by atoms with Gasteiger partial charge in [-0.15, -0.1) is 0 Å². The number of hydrogen-bond acceptors (Lipinski definition) is 3. The summed E-state index contributed by atoms with van der Waals surface area (Å²) in [6.07, 6.45) is 0. The van der Waals surface area contributed by atoms with Gasteiger partial charge in [0.25, 0.3) is 0 Å². The fourth-order valence-electron chi connectivity index (χ4n) is 0.998. The number of rotatable bonds is 3. The zero-order valence-corrected chi connectivity index (χ0v) is 8.26. The third-order valence-electron chi connectivity index (χ3n) is 1.38. The molecule has 0 aromatic heterocycles. The summed E-state index contributed by atoms with van der Waals surface area (Å²) in [5, 5.41) is 3.12. The molecule has 0 heterocycles. The molecule has 0 saturated carbocycles. The maximum Gasteiger partial charge on any atom is 0.205 e. The first-order valence-corrected chi connectivity index (χ1v) is 3.94. The highest BCUT2D eigenvalue weighted by Gasteiger charge is 2.03. The van der Waals surface area contributed by atoms with Crippen LogP contribution in [0.3, 0.4) is 0 Å². The average molecular weight is 173 g/mol. The lowest BCUT2D eigenvalue weighted by Crippen LogP contribution is -2.48. The summed E-state index contributed by atoms with van der Waals surface area (Å²) in [4.78, 5) is 6.00. The molecule has 0 aromatic carbocycles. The molecule has 0 aliphatic heterocycles. The van der Waals surface area contributed by atoms with Crippen LogP contribution in [-0.4, -0.2) is 44.6 Å². The molecule has 0 spiro atoms. The fourth-order valence-corrected chi connectivity index (χ4v) is 0.998. The second-order valence-corrected chi connectivity index (χ2v) is 3.02. The van der Waals surface area contributed by atoms with Crippen LogP contribution in [0.15, 0.2) is 4.99 Å². The Morgan fingerprint density at radius 2 is 2.17 bits per heavy atom. The molecule has 72 valence electrons. The summed E-state index contributed by atoms with van der Waals surface area (Å²) in [7, 11) is 5.73. The van der Waals surface area contributed by atoms with Crippen molar-refractivity contribution >= 4 is 5.96 Å². The van der Waals surface area contributed by atoms with Gasteiger partial charge in [0.1, 0.15) is 0 Å². The van der Waals surface area contributed by atoms with Crippen LogP contribution in [0.25, 0.3) is 0 Å². The van der Waals surface area contributed by atoms with Crippen molar-refractivity contribution in [3.05, 3.63) is 0 Å². The van der Waals surface area contributed by atoms with Crippen molar-refractivity contribution in [2.24, 2.45) is 10.8 Å². The van der Waals surface area contributed by atoms with E-state index in [4.69, 9.17) is 5.84 Å². The van der Waals surface area contributed by atoms with E-state index in [-0.39, 0.29) is 0 Å². The number of likely N-dealkylation sites (N-methyl/N-ethyl adjacent to an activating group) is 1. The number of nitrogens with two attached hydrogens (primary N) is 1. The first kappa shape index (κ1) is 11.2. The molecule has 0 aliphatic rings. The van der Waals surface area contributed by atoms with Gasteiger partial charge in [-0.1, -0.05) is 0 Å². The molecule has 0 amide bonds. The molecule has 1 atom stereocenters. The van der Waals surface area contributed by atoms with E-state index in [1.165, 1.54) is 0 Å². The summed E-state index contributed by atoms with van der Waals surface area (Å²) in [5.41, 5.74) is 2.48.